The highest BCUT2D eigenvalue weighted by Crippen LogP contribution is 2.26. The average molecular weight is 267 g/mol. The smallest absolute Gasteiger partial charge is 0.195 e. The molecule has 2 heterocycles. The molecular formula is C10H19ClN2O2S. The fraction of sp³-hybridized carbons (Fsp3) is 1.00. The lowest BCUT2D eigenvalue weighted by molar-refractivity contribution is 0.250. The van der Waals surface area contributed by atoms with Crippen molar-refractivity contribution < 1.29 is 8.42 Å². The van der Waals surface area contributed by atoms with Crippen LogP contribution >= 0.6 is 11.6 Å². The maximum absolute atomic E-state index is 12.3. The zero-order valence-electron chi connectivity index (χ0n) is 9.60. The largest absolute Gasteiger partial charge is 0.282 e. The lowest BCUT2D eigenvalue weighted by atomic mass is 10.1. The van der Waals surface area contributed by atoms with E-state index < -0.39 is 10.2 Å². The molecule has 0 saturated carbocycles. The minimum Gasteiger partial charge on any atom is -0.195 e. The molecule has 0 N–H and O–H groups in total. The van der Waals surface area contributed by atoms with Crippen LogP contribution in [-0.2, 0) is 10.2 Å². The summed E-state index contributed by atoms with van der Waals surface area (Å²) in [5.41, 5.74) is 0. The van der Waals surface area contributed by atoms with Crippen LogP contribution in [0, 0.1) is 0 Å². The Morgan fingerprint density at radius 2 is 1.94 bits per heavy atom. The molecule has 0 aromatic carbocycles. The molecule has 94 valence electrons. The Bertz CT molecular complexity index is 347. The molecule has 16 heavy (non-hydrogen) atoms. The van der Waals surface area contributed by atoms with Crippen molar-refractivity contribution in [1.82, 2.24) is 8.61 Å². The molecule has 2 unspecified atom stereocenters. The quantitative estimate of drug-likeness (QED) is 0.710. The fourth-order valence-corrected chi connectivity index (χ4v) is 4.73. The lowest BCUT2D eigenvalue weighted by Gasteiger charge is -2.35. The van der Waals surface area contributed by atoms with Gasteiger partial charge in [0.05, 0.1) is 0 Å². The maximum atomic E-state index is 12.3. The number of hydrogen-bond acceptors (Lipinski definition) is 2. The topological polar surface area (TPSA) is 40.6 Å². The average Bonchev–Trinajstić information content (AvgIpc) is 2.66. The minimum atomic E-state index is -3.26. The molecule has 2 atom stereocenters. The number of halogens is 1. The van der Waals surface area contributed by atoms with Gasteiger partial charge in [-0.05, 0) is 26.2 Å². The standard InChI is InChI=1S/C10H19ClN2O2S/c1-9-4-2-3-6-13(9)16(14,15)12-7-5-10(11)8-12/h9-10H,2-8H2,1H3. The summed E-state index contributed by atoms with van der Waals surface area (Å²) in [6.07, 6.45) is 3.84. The van der Waals surface area contributed by atoms with Gasteiger partial charge >= 0.3 is 0 Å². The Hall–Kier alpha value is 0.160. The van der Waals surface area contributed by atoms with Crippen molar-refractivity contribution in [3.8, 4) is 0 Å². The van der Waals surface area contributed by atoms with Crippen molar-refractivity contribution >= 4 is 21.8 Å². The van der Waals surface area contributed by atoms with Gasteiger partial charge in [-0.2, -0.15) is 17.0 Å². The number of hydrogen-bond donors (Lipinski definition) is 0. The van der Waals surface area contributed by atoms with Crippen LogP contribution in [-0.4, -0.2) is 48.1 Å². The second-order valence-corrected chi connectivity index (χ2v) is 7.21. The van der Waals surface area contributed by atoms with Crippen LogP contribution in [0.4, 0.5) is 0 Å². The third kappa shape index (κ3) is 2.37. The van der Waals surface area contributed by atoms with Crippen LogP contribution in [0.3, 0.4) is 0 Å². The highest BCUT2D eigenvalue weighted by molar-refractivity contribution is 7.86. The summed E-state index contributed by atoms with van der Waals surface area (Å²) in [5.74, 6) is 0. The summed E-state index contributed by atoms with van der Waals surface area (Å²) in [7, 11) is -3.26. The third-order valence-corrected chi connectivity index (χ3v) is 5.93. The zero-order chi connectivity index (χ0) is 11.8. The molecule has 2 aliphatic heterocycles. The van der Waals surface area contributed by atoms with E-state index in [4.69, 9.17) is 11.6 Å². The van der Waals surface area contributed by atoms with E-state index in [1.165, 1.54) is 4.31 Å². The highest BCUT2D eigenvalue weighted by Gasteiger charge is 2.37. The first-order valence-electron chi connectivity index (χ1n) is 5.93. The molecule has 0 radical (unpaired) electrons. The predicted molar refractivity (Wildman–Crippen MR) is 64.8 cm³/mol. The summed E-state index contributed by atoms with van der Waals surface area (Å²) in [4.78, 5) is 0. The SMILES string of the molecule is CC1CCCCN1S(=O)(=O)N1CCC(Cl)C1. The predicted octanol–water partition coefficient (Wildman–Crippen LogP) is 1.42. The number of rotatable bonds is 2. The van der Waals surface area contributed by atoms with E-state index in [-0.39, 0.29) is 11.4 Å². The van der Waals surface area contributed by atoms with Crippen LogP contribution in [0.25, 0.3) is 0 Å². The molecule has 0 aromatic rings. The third-order valence-electron chi connectivity index (χ3n) is 3.46. The van der Waals surface area contributed by atoms with Gasteiger partial charge in [0, 0.05) is 31.1 Å². The maximum Gasteiger partial charge on any atom is 0.282 e. The molecule has 2 fully saturated rings. The molecule has 0 bridgehead atoms. The van der Waals surface area contributed by atoms with Gasteiger partial charge in [0.15, 0.2) is 0 Å². The normalized spacial score (nSPS) is 34.4. The molecule has 0 aromatic heterocycles. The van der Waals surface area contributed by atoms with Crippen molar-refractivity contribution in [2.45, 2.75) is 44.0 Å². The Morgan fingerprint density at radius 3 is 2.50 bits per heavy atom. The molecule has 0 aliphatic carbocycles. The summed E-state index contributed by atoms with van der Waals surface area (Å²) < 4.78 is 27.9. The van der Waals surface area contributed by atoms with Gasteiger partial charge in [-0.15, -0.1) is 11.6 Å². The number of nitrogens with zero attached hydrogens (tertiary/aromatic N) is 2. The van der Waals surface area contributed by atoms with Crippen molar-refractivity contribution in [3.05, 3.63) is 0 Å². The van der Waals surface area contributed by atoms with Gasteiger partial charge in [0.1, 0.15) is 0 Å². The lowest BCUT2D eigenvalue weighted by Crippen LogP contribution is -2.49. The van der Waals surface area contributed by atoms with Crippen LogP contribution in [0.15, 0.2) is 0 Å². The van der Waals surface area contributed by atoms with Gasteiger partial charge < -0.3 is 0 Å². The summed E-state index contributed by atoms with van der Waals surface area (Å²) in [6, 6.07) is 0.133. The van der Waals surface area contributed by atoms with Gasteiger partial charge in [0.2, 0.25) is 0 Å². The van der Waals surface area contributed by atoms with E-state index in [1.54, 1.807) is 4.31 Å². The van der Waals surface area contributed by atoms with E-state index >= 15 is 0 Å². The van der Waals surface area contributed by atoms with E-state index in [0.29, 0.717) is 19.6 Å². The van der Waals surface area contributed by atoms with Crippen molar-refractivity contribution in [3.63, 3.8) is 0 Å². The Labute approximate surface area is 103 Å². The van der Waals surface area contributed by atoms with Crippen molar-refractivity contribution in [1.29, 1.82) is 0 Å². The molecule has 6 heteroatoms. The van der Waals surface area contributed by atoms with Gasteiger partial charge in [0.25, 0.3) is 10.2 Å². The number of alkyl halides is 1. The first-order valence-corrected chi connectivity index (χ1v) is 7.76. The first kappa shape index (κ1) is 12.6. The van der Waals surface area contributed by atoms with Gasteiger partial charge in [-0.25, -0.2) is 0 Å². The van der Waals surface area contributed by atoms with Crippen molar-refractivity contribution in [2.24, 2.45) is 0 Å². The number of piperidine rings is 1. The van der Waals surface area contributed by atoms with Gasteiger partial charge in [-0.1, -0.05) is 6.42 Å². The zero-order valence-corrected chi connectivity index (χ0v) is 11.2. The van der Waals surface area contributed by atoms with E-state index in [9.17, 15) is 8.42 Å². The molecule has 4 nitrogen and oxygen atoms in total. The Kier molecular flexibility index (Phi) is 3.79. The molecular weight excluding hydrogens is 248 g/mol. The van der Waals surface area contributed by atoms with E-state index in [2.05, 4.69) is 0 Å². The summed E-state index contributed by atoms with van der Waals surface area (Å²) in [5, 5.41) is -0.0186. The van der Waals surface area contributed by atoms with Gasteiger partial charge in [-0.3, -0.25) is 0 Å². The minimum absolute atomic E-state index is 0.0186. The highest BCUT2D eigenvalue weighted by atomic mass is 35.5. The first-order chi connectivity index (χ1) is 7.51. The summed E-state index contributed by atoms with van der Waals surface area (Å²) >= 11 is 5.96. The van der Waals surface area contributed by atoms with E-state index in [1.807, 2.05) is 6.92 Å². The van der Waals surface area contributed by atoms with Crippen LogP contribution in [0.1, 0.15) is 32.6 Å². The van der Waals surface area contributed by atoms with Crippen LogP contribution < -0.4 is 0 Å². The fourth-order valence-electron chi connectivity index (χ4n) is 2.46. The Morgan fingerprint density at radius 1 is 1.19 bits per heavy atom. The second-order valence-electron chi connectivity index (χ2n) is 4.71. The Balaban J connectivity index is 2.11. The van der Waals surface area contributed by atoms with Crippen LogP contribution in [0.5, 0.6) is 0 Å². The van der Waals surface area contributed by atoms with E-state index in [0.717, 1.165) is 25.7 Å². The molecule has 2 rings (SSSR count). The molecule has 0 spiro atoms. The van der Waals surface area contributed by atoms with Crippen LogP contribution in [0.2, 0.25) is 0 Å². The monoisotopic (exact) mass is 266 g/mol. The van der Waals surface area contributed by atoms with Crippen molar-refractivity contribution in [2.75, 3.05) is 19.6 Å². The molecule has 2 saturated heterocycles. The molecule has 0 amide bonds. The summed E-state index contributed by atoms with van der Waals surface area (Å²) in [6.45, 7) is 3.69. The molecule has 2 aliphatic rings. The second kappa shape index (κ2) is 4.80.